The van der Waals surface area contributed by atoms with Crippen LogP contribution in [0, 0.1) is 17.2 Å². The fourth-order valence-corrected chi connectivity index (χ4v) is 1.61. The van der Waals surface area contributed by atoms with Crippen molar-refractivity contribution in [3.63, 3.8) is 0 Å². The Bertz CT molecular complexity index is 496. The van der Waals surface area contributed by atoms with Crippen molar-refractivity contribution in [3.8, 4) is 6.07 Å². The van der Waals surface area contributed by atoms with E-state index < -0.39 is 5.54 Å². The number of carbonyl (C=O) groups excluding carboxylic acids is 1. The lowest BCUT2D eigenvalue weighted by Gasteiger charge is -2.27. The number of hydrogen-bond acceptors (Lipinski definition) is 3. The first kappa shape index (κ1) is 15.3. The number of rotatable bonds is 5. The van der Waals surface area contributed by atoms with Gasteiger partial charge in [-0.25, -0.2) is 0 Å². The van der Waals surface area contributed by atoms with Crippen LogP contribution in [0.25, 0.3) is 0 Å². The number of halogens is 1. The molecule has 1 atom stereocenters. The van der Waals surface area contributed by atoms with Gasteiger partial charge in [0.25, 0.3) is 0 Å². The zero-order valence-electron chi connectivity index (χ0n) is 11.3. The predicted octanol–water partition coefficient (Wildman–Crippen LogP) is 2.81. The third-order valence-corrected chi connectivity index (χ3v) is 3.30. The maximum atomic E-state index is 11.8. The van der Waals surface area contributed by atoms with Gasteiger partial charge in [0, 0.05) is 10.7 Å². The summed E-state index contributed by atoms with van der Waals surface area (Å²) in [7, 11) is 0. The number of hydrogen-bond donors (Lipinski definition) is 2. The number of nitriles is 1. The van der Waals surface area contributed by atoms with Crippen LogP contribution in [-0.4, -0.2) is 18.0 Å². The third kappa shape index (κ3) is 4.46. The van der Waals surface area contributed by atoms with Gasteiger partial charge in [-0.15, -0.1) is 0 Å². The fourth-order valence-electron chi connectivity index (χ4n) is 1.42. The van der Waals surface area contributed by atoms with Crippen molar-refractivity contribution in [1.82, 2.24) is 5.32 Å². The summed E-state index contributed by atoms with van der Waals surface area (Å²) < 4.78 is 0. The van der Waals surface area contributed by atoms with Crippen molar-refractivity contribution >= 4 is 23.2 Å². The van der Waals surface area contributed by atoms with Crippen LogP contribution < -0.4 is 10.6 Å². The van der Waals surface area contributed by atoms with E-state index in [4.69, 9.17) is 16.9 Å². The molecule has 1 aromatic rings. The van der Waals surface area contributed by atoms with Crippen LogP contribution in [-0.2, 0) is 4.79 Å². The molecule has 1 unspecified atom stereocenters. The SMILES string of the molecule is CC(C)C(C)(C#N)NC(=O)CNc1cccc(Cl)c1. The van der Waals surface area contributed by atoms with Crippen molar-refractivity contribution in [2.24, 2.45) is 5.92 Å². The maximum Gasteiger partial charge on any atom is 0.240 e. The first-order chi connectivity index (χ1) is 8.87. The minimum Gasteiger partial charge on any atom is -0.376 e. The van der Waals surface area contributed by atoms with Gasteiger partial charge in [0.05, 0.1) is 12.6 Å². The second-order valence-electron chi connectivity index (χ2n) is 4.88. The predicted molar refractivity (Wildman–Crippen MR) is 76.9 cm³/mol. The first-order valence-corrected chi connectivity index (χ1v) is 6.47. The van der Waals surface area contributed by atoms with Gasteiger partial charge in [0.2, 0.25) is 5.91 Å². The van der Waals surface area contributed by atoms with Gasteiger partial charge >= 0.3 is 0 Å². The van der Waals surface area contributed by atoms with Gasteiger partial charge in [-0.3, -0.25) is 4.79 Å². The van der Waals surface area contributed by atoms with Gasteiger partial charge in [0.1, 0.15) is 5.54 Å². The smallest absolute Gasteiger partial charge is 0.240 e. The zero-order chi connectivity index (χ0) is 14.5. The number of anilines is 1. The summed E-state index contributed by atoms with van der Waals surface area (Å²) in [5.74, 6) is -0.189. The monoisotopic (exact) mass is 279 g/mol. The molecule has 1 aromatic carbocycles. The second kappa shape index (κ2) is 6.44. The molecule has 0 fully saturated rings. The molecule has 1 rings (SSSR count). The zero-order valence-corrected chi connectivity index (χ0v) is 12.1. The van der Waals surface area contributed by atoms with Crippen molar-refractivity contribution in [2.45, 2.75) is 26.3 Å². The highest BCUT2D eigenvalue weighted by molar-refractivity contribution is 6.30. The number of nitrogens with zero attached hydrogens (tertiary/aromatic N) is 1. The quantitative estimate of drug-likeness (QED) is 0.871. The Morgan fingerprint density at radius 1 is 1.53 bits per heavy atom. The summed E-state index contributed by atoms with van der Waals surface area (Å²) in [5, 5.41) is 15.4. The lowest BCUT2D eigenvalue weighted by atomic mass is 9.90. The first-order valence-electron chi connectivity index (χ1n) is 6.09. The molecule has 0 aliphatic rings. The molecule has 19 heavy (non-hydrogen) atoms. The van der Waals surface area contributed by atoms with E-state index in [-0.39, 0.29) is 18.4 Å². The molecule has 0 heterocycles. The van der Waals surface area contributed by atoms with Gasteiger partial charge in [-0.2, -0.15) is 5.26 Å². The van der Waals surface area contributed by atoms with E-state index in [2.05, 4.69) is 16.7 Å². The second-order valence-corrected chi connectivity index (χ2v) is 5.32. The Balaban J connectivity index is 2.55. The topological polar surface area (TPSA) is 64.9 Å². The van der Waals surface area contributed by atoms with E-state index in [1.165, 1.54) is 0 Å². The molecule has 0 spiro atoms. The molecule has 0 aliphatic carbocycles. The molecular weight excluding hydrogens is 262 g/mol. The van der Waals surface area contributed by atoms with Crippen LogP contribution in [0.1, 0.15) is 20.8 Å². The molecule has 0 saturated heterocycles. The van der Waals surface area contributed by atoms with Crippen LogP contribution in [0.15, 0.2) is 24.3 Å². The largest absolute Gasteiger partial charge is 0.376 e. The summed E-state index contributed by atoms with van der Waals surface area (Å²) in [6, 6.07) is 9.26. The maximum absolute atomic E-state index is 11.8. The fraction of sp³-hybridized carbons (Fsp3) is 0.429. The summed E-state index contributed by atoms with van der Waals surface area (Å²) in [5.41, 5.74) is -0.0848. The molecule has 0 radical (unpaired) electrons. The van der Waals surface area contributed by atoms with Gasteiger partial charge in [-0.1, -0.05) is 31.5 Å². The van der Waals surface area contributed by atoms with Crippen molar-refractivity contribution in [1.29, 1.82) is 5.26 Å². The molecule has 2 N–H and O–H groups in total. The normalized spacial score (nSPS) is 13.5. The Morgan fingerprint density at radius 2 is 2.21 bits per heavy atom. The molecule has 4 nitrogen and oxygen atoms in total. The minimum atomic E-state index is -0.854. The average molecular weight is 280 g/mol. The van der Waals surface area contributed by atoms with Gasteiger partial charge in [0.15, 0.2) is 0 Å². The highest BCUT2D eigenvalue weighted by atomic mass is 35.5. The summed E-state index contributed by atoms with van der Waals surface area (Å²) in [6.45, 7) is 5.61. The van der Waals surface area contributed by atoms with E-state index in [0.717, 1.165) is 5.69 Å². The summed E-state index contributed by atoms with van der Waals surface area (Å²) in [4.78, 5) is 11.8. The molecule has 0 aliphatic heterocycles. The number of carbonyl (C=O) groups is 1. The van der Waals surface area contributed by atoms with E-state index in [1.807, 2.05) is 19.9 Å². The van der Waals surface area contributed by atoms with Crippen LogP contribution in [0.3, 0.4) is 0 Å². The lowest BCUT2D eigenvalue weighted by Crippen LogP contribution is -2.50. The molecular formula is C14H18ClN3O. The van der Waals surface area contributed by atoms with E-state index in [9.17, 15) is 4.79 Å². The standard InChI is InChI=1S/C14H18ClN3O/c1-10(2)14(3,9-16)18-13(19)8-17-12-6-4-5-11(15)7-12/h4-7,10,17H,8H2,1-3H3,(H,18,19). The highest BCUT2D eigenvalue weighted by Crippen LogP contribution is 2.16. The van der Waals surface area contributed by atoms with Gasteiger partial charge < -0.3 is 10.6 Å². The molecule has 5 heteroatoms. The van der Waals surface area contributed by atoms with Crippen LogP contribution in [0.2, 0.25) is 5.02 Å². The molecule has 102 valence electrons. The molecule has 0 bridgehead atoms. The number of nitrogens with one attached hydrogen (secondary N) is 2. The van der Waals surface area contributed by atoms with Crippen molar-refractivity contribution in [2.75, 3.05) is 11.9 Å². The Hall–Kier alpha value is -1.73. The van der Waals surface area contributed by atoms with Crippen LogP contribution in [0.5, 0.6) is 0 Å². The number of amides is 1. The van der Waals surface area contributed by atoms with Crippen molar-refractivity contribution in [3.05, 3.63) is 29.3 Å². The third-order valence-electron chi connectivity index (χ3n) is 3.06. The van der Waals surface area contributed by atoms with Crippen LogP contribution >= 0.6 is 11.6 Å². The van der Waals surface area contributed by atoms with E-state index >= 15 is 0 Å². The Labute approximate surface area is 118 Å². The van der Waals surface area contributed by atoms with E-state index in [0.29, 0.717) is 5.02 Å². The Kier molecular flexibility index (Phi) is 5.20. The van der Waals surface area contributed by atoms with Crippen molar-refractivity contribution < 1.29 is 4.79 Å². The lowest BCUT2D eigenvalue weighted by molar-refractivity contribution is -0.121. The summed E-state index contributed by atoms with van der Waals surface area (Å²) >= 11 is 5.85. The van der Waals surface area contributed by atoms with Gasteiger partial charge in [-0.05, 0) is 31.0 Å². The summed E-state index contributed by atoms with van der Waals surface area (Å²) in [6.07, 6.45) is 0. The minimum absolute atomic E-state index is 0.0348. The van der Waals surface area contributed by atoms with Crippen LogP contribution in [0.4, 0.5) is 5.69 Å². The average Bonchev–Trinajstić information content (AvgIpc) is 2.36. The molecule has 0 aromatic heterocycles. The highest BCUT2D eigenvalue weighted by Gasteiger charge is 2.29. The Morgan fingerprint density at radius 3 is 2.74 bits per heavy atom. The van der Waals surface area contributed by atoms with E-state index in [1.54, 1.807) is 25.1 Å². The molecule has 0 saturated carbocycles. The molecule has 1 amide bonds. The number of benzene rings is 1.